The van der Waals surface area contributed by atoms with Gasteiger partial charge in [-0.2, -0.15) is 4.98 Å². The maximum atomic E-state index is 13.3. The predicted molar refractivity (Wildman–Crippen MR) is 95.2 cm³/mol. The SMILES string of the molecule is Cc1cc(NCc2ccccc2Cl)nc(Nc2cccc(F)c2)n1. The van der Waals surface area contributed by atoms with Gasteiger partial charge in [0.15, 0.2) is 0 Å². The summed E-state index contributed by atoms with van der Waals surface area (Å²) in [4.78, 5) is 8.73. The van der Waals surface area contributed by atoms with E-state index in [1.807, 2.05) is 37.3 Å². The summed E-state index contributed by atoms with van der Waals surface area (Å²) in [7, 11) is 0. The van der Waals surface area contributed by atoms with Crippen LogP contribution >= 0.6 is 11.6 Å². The zero-order valence-corrected chi connectivity index (χ0v) is 13.8. The summed E-state index contributed by atoms with van der Waals surface area (Å²) < 4.78 is 13.3. The van der Waals surface area contributed by atoms with E-state index >= 15 is 0 Å². The number of anilines is 3. The third-order valence-corrected chi connectivity index (χ3v) is 3.72. The summed E-state index contributed by atoms with van der Waals surface area (Å²) in [5.74, 6) is 0.758. The molecule has 0 saturated carbocycles. The highest BCUT2D eigenvalue weighted by atomic mass is 35.5. The van der Waals surface area contributed by atoms with Crippen LogP contribution in [0.1, 0.15) is 11.3 Å². The molecule has 0 aliphatic carbocycles. The summed E-state index contributed by atoms with van der Waals surface area (Å²) in [6, 6.07) is 15.6. The van der Waals surface area contributed by atoms with Gasteiger partial charge in [-0.3, -0.25) is 0 Å². The molecule has 3 aromatic rings. The molecule has 24 heavy (non-hydrogen) atoms. The van der Waals surface area contributed by atoms with Gasteiger partial charge in [0.2, 0.25) is 5.95 Å². The molecule has 0 atom stereocenters. The minimum Gasteiger partial charge on any atom is -0.366 e. The number of benzene rings is 2. The molecule has 2 aromatic carbocycles. The van der Waals surface area contributed by atoms with Gasteiger partial charge in [-0.05, 0) is 36.8 Å². The van der Waals surface area contributed by atoms with E-state index in [1.54, 1.807) is 12.1 Å². The van der Waals surface area contributed by atoms with Crippen LogP contribution in [0.2, 0.25) is 5.02 Å². The molecule has 0 radical (unpaired) electrons. The van der Waals surface area contributed by atoms with Gasteiger partial charge in [-0.25, -0.2) is 9.37 Å². The smallest absolute Gasteiger partial charge is 0.229 e. The first-order valence-corrected chi connectivity index (χ1v) is 7.83. The monoisotopic (exact) mass is 342 g/mol. The van der Waals surface area contributed by atoms with E-state index in [0.29, 0.717) is 29.0 Å². The fourth-order valence-electron chi connectivity index (χ4n) is 2.24. The van der Waals surface area contributed by atoms with Gasteiger partial charge >= 0.3 is 0 Å². The van der Waals surface area contributed by atoms with Gasteiger partial charge in [-0.1, -0.05) is 35.9 Å². The third-order valence-electron chi connectivity index (χ3n) is 3.35. The van der Waals surface area contributed by atoms with Crippen LogP contribution in [0.3, 0.4) is 0 Å². The zero-order valence-electron chi connectivity index (χ0n) is 13.1. The van der Waals surface area contributed by atoms with E-state index in [-0.39, 0.29) is 5.82 Å². The highest BCUT2D eigenvalue weighted by Gasteiger charge is 2.05. The molecule has 0 bridgehead atoms. The molecule has 1 aromatic heterocycles. The quantitative estimate of drug-likeness (QED) is 0.690. The van der Waals surface area contributed by atoms with Crippen LogP contribution in [0, 0.1) is 12.7 Å². The maximum absolute atomic E-state index is 13.3. The van der Waals surface area contributed by atoms with Gasteiger partial charge in [0.25, 0.3) is 0 Å². The van der Waals surface area contributed by atoms with E-state index in [0.717, 1.165) is 11.3 Å². The van der Waals surface area contributed by atoms with Crippen molar-refractivity contribution in [1.29, 1.82) is 0 Å². The molecule has 6 heteroatoms. The summed E-state index contributed by atoms with van der Waals surface area (Å²) in [6.07, 6.45) is 0. The van der Waals surface area contributed by atoms with Crippen LogP contribution in [0.15, 0.2) is 54.6 Å². The molecule has 1 heterocycles. The summed E-state index contributed by atoms with van der Waals surface area (Å²) >= 11 is 6.15. The lowest BCUT2D eigenvalue weighted by Crippen LogP contribution is -2.06. The standard InChI is InChI=1S/C18H16ClFN4/c1-12-9-17(21-11-13-5-2-3-8-16(13)19)24-18(22-12)23-15-7-4-6-14(20)10-15/h2-10H,11H2,1H3,(H2,21,22,23,24). The minimum atomic E-state index is -0.315. The lowest BCUT2D eigenvalue weighted by atomic mass is 10.2. The summed E-state index contributed by atoms with van der Waals surface area (Å²) in [5.41, 5.74) is 2.37. The van der Waals surface area contributed by atoms with Crippen LogP contribution < -0.4 is 10.6 Å². The Morgan fingerprint density at radius 1 is 1.04 bits per heavy atom. The van der Waals surface area contributed by atoms with Crippen LogP contribution in [0.25, 0.3) is 0 Å². The van der Waals surface area contributed by atoms with Crippen molar-refractivity contribution in [1.82, 2.24) is 9.97 Å². The zero-order chi connectivity index (χ0) is 16.9. The topological polar surface area (TPSA) is 49.8 Å². The summed E-state index contributed by atoms with van der Waals surface area (Å²) in [5, 5.41) is 6.94. The highest BCUT2D eigenvalue weighted by molar-refractivity contribution is 6.31. The molecular formula is C18H16ClFN4. The first kappa shape index (κ1) is 16.2. The van der Waals surface area contributed by atoms with Crippen molar-refractivity contribution in [2.45, 2.75) is 13.5 Å². The largest absolute Gasteiger partial charge is 0.366 e. The van der Waals surface area contributed by atoms with Crippen molar-refractivity contribution in [2.75, 3.05) is 10.6 Å². The Labute approximate surface area is 144 Å². The first-order chi connectivity index (χ1) is 11.6. The second-order valence-corrected chi connectivity index (χ2v) is 5.71. The Hall–Kier alpha value is -2.66. The molecule has 0 fully saturated rings. The fraction of sp³-hybridized carbons (Fsp3) is 0.111. The molecular weight excluding hydrogens is 327 g/mol. The second kappa shape index (κ2) is 7.27. The summed E-state index contributed by atoms with van der Waals surface area (Å²) in [6.45, 7) is 2.43. The Bertz CT molecular complexity index is 854. The van der Waals surface area contributed by atoms with Gasteiger partial charge in [0.05, 0.1) is 0 Å². The number of aryl methyl sites for hydroxylation is 1. The number of nitrogens with one attached hydrogen (secondary N) is 2. The van der Waals surface area contributed by atoms with Gasteiger partial charge in [0.1, 0.15) is 11.6 Å². The van der Waals surface area contributed by atoms with E-state index in [2.05, 4.69) is 20.6 Å². The Morgan fingerprint density at radius 3 is 2.67 bits per heavy atom. The first-order valence-electron chi connectivity index (χ1n) is 7.46. The van der Waals surface area contributed by atoms with Crippen molar-refractivity contribution < 1.29 is 4.39 Å². The fourth-order valence-corrected chi connectivity index (χ4v) is 2.44. The van der Waals surface area contributed by atoms with Crippen LogP contribution in [0.4, 0.5) is 21.8 Å². The molecule has 122 valence electrons. The number of hydrogen-bond acceptors (Lipinski definition) is 4. The molecule has 0 aliphatic rings. The van der Waals surface area contributed by atoms with E-state index in [4.69, 9.17) is 11.6 Å². The van der Waals surface area contributed by atoms with Gasteiger partial charge in [0, 0.05) is 29.0 Å². The van der Waals surface area contributed by atoms with Gasteiger partial charge in [-0.15, -0.1) is 0 Å². The minimum absolute atomic E-state index is 0.315. The molecule has 2 N–H and O–H groups in total. The van der Waals surface area contributed by atoms with E-state index < -0.39 is 0 Å². The normalized spacial score (nSPS) is 10.5. The van der Waals surface area contributed by atoms with Crippen LogP contribution in [-0.2, 0) is 6.54 Å². The average Bonchev–Trinajstić information content (AvgIpc) is 2.53. The number of nitrogens with zero attached hydrogens (tertiary/aromatic N) is 2. The van der Waals surface area contributed by atoms with E-state index in [9.17, 15) is 4.39 Å². The molecule has 0 amide bonds. The van der Waals surface area contributed by atoms with Crippen molar-refractivity contribution in [3.63, 3.8) is 0 Å². The van der Waals surface area contributed by atoms with E-state index in [1.165, 1.54) is 12.1 Å². The number of halogens is 2. The predicted octanol–water partition coefficient (Wildman–Crippen LogP) is 4.93. The maximum Gasteiger partial charge on any atom is 0.229 e. The lowest BCUT2D eigenvalue weighted by molar-refractivity contribution is 0.628. The Kier molecular flexibility index (Phi) is 4.91. The number of hydrogen-bond donors (Lipinski definition) is 2. The highest BCUT2D eigenvalue weighted by Crippen LogP contribution is 2.19. The van der Waals surface area contributed by atoms with Crippen molar-refractivity contribution in [2.24, 2.45) is 0 Å². The van der Waals surface area contributed by atoms with Crippen molar-refractivity contribution in [3.05, 3.63) is 76.7 Å². The molecule has 3 rings (SSSR count). The van der Waals surface area contributed by atoms with Crippen molar-refractivity contribution >= 4 is 29.1 Å². The van der Waals surface area contributed by atoms with Crippen molar-refractivity contribution in [3.8, 4) is 0 Å². The number of rotatable bonds is 5. The second-order valence-electron chi connectivity index (χ2n) is 5.30. The molecule has 0 spiro atoms. The molecule has 0 unspecified atom stereocenters. The molecule has 4 nitrogen and oxygen atoms in total. The van der Waals surface area contributed by atoms with Gasteiger partial charge < -0.3 is 10.6 Å². The third kappa shape index (κ3) is 4.20. The Balaban J connectivity index is 1.75. The Morgan fingerprint density at radius 2 is 1.88 bits per heavy atom. The number of aromatic nitrogens is 2. The molecule has 0 saturated heterocycles. The molecule has 0 aliphatic heterocycles. The average molecular weight is 343 g/mol. The lowest BCUT2D eigenvalue weighted by Gasteiger charge is -2.11. The van der Waals surface area contributed by atoms with Crippen LogP contribution in [0.5, 0.6) is 0 Å². The van der Waals surface area contributed by atoms with Crippen LogP contribution in [-0.4, -0.2) is 9.97 Å².